The summed E-state index contributed by atoms with van der Waals surface area (Å²) in [5.74, 6) is 0.151. The maximum absolute atomic E-state index is 12.9. The number of hydrogen-bond donors (Lipinski definition) is 2. The number of hydrogen-bond acceptors (Lipinski definition) is 2. The van der Waals surface area contributed by atoms with Crippen molar-refractivity contribution in [1.29, 1.82) is 0 Å². The van der Waals surface area contributed by atoms with Crippen molar-refractivity contribution in [2.45, 2.75) is 31.3 Å². The van der Waals surface area contributed by atoms with Gasteiger partial charge in [0, 0.05) is 24.3 Å². The van der Waals surface area contributed by atoms with Gasteiger partial charge in [-0.15, -0.1) is 0 Å². The van der Waals surface area contributed by atoms with Crippen molar-refractivity contribution in [2.24, 2.45) is 0 Å². The fourth-order valence-electron chi connectivity index (χ4n) is 3.76. The predicted octanol–water partition coefficient (Wildman–Crippen LogP) is 2.65. The number of aromatic amines is 1. The topological polar surface area (TPSA) is 48.1 Å². The number of carbonyl (C=O) groups is 1. The van der Waals surface area contributed by atoms with Gasteiger partial charge in [0.15, 0.2) is 0 Å². The van der Waals surface area contributed by atoms with Gasteiger partial charge in [0.1, 0.15) is 5.69 Å². The molecule has 1 aromatic carbocycles. The standard InChI is InChI=1S/C18H21N3O/c22-18(21-14-6-7-15(21)12-19-11-10-14)17-9-8-16(20-17)13-4-2-1-3-5-13/h1-5,8-9,14-15,19-20H,6-7,10-12H2. The average molecular weight is 295 g/mol. The van der Waals surface area contributed by atoms with Crippen LogP contribution in [0.3, 0.4) is 0 Å². The molecule has 2 bridgehead atoms. The smallest absolute Gasteiger partial charge is 0.270 e. The van der Waals surface area contributed by atoms with Crippen molar-refractivity contribution >= 4 is 5.91 Å². The van der Waals surface area contributed by atoms with E-state index in [1.54, 1.807) is 0 Å². The number of benzene rings is 1. The molecule has 2 unspecified atom stereocenters. The summed E-state index contributed by atoms with van der Waals surface area (Å²) in [6.07, 6.45) is 3.33. The molecule has 0 aliphatic carbocycles. The van der Waals surface area contributed by atoms with Gasteiger partial charge in [0.05, 0.1) is 0 Å². The number of rotatable bonds is 2. The Bertz CT molecular complexity index is 650. The van der Waals surface area contributed by atoms with Crippen molar-refractivity contribution in [3.63, 3.8) is 0 Å². The highest BCUT2D eigenvalue weighted by molar-refractivity contribution is 5.94. The molecule has 2 aliphatic rings. The summed E-state index contributed by atoms with van der Waals surface area (Å²) in [6.45, 7) is 1.94. The first-order valence-corrected chi connectivity index (χ1v) is 8.11. The molecule has 4 nitrogen and oxygen atoms in total. The minimum absolute atomic E-state index is 0.151. The van der Waals surface area contributed by atoms with Gasteiger partial charge in [-0.3, -0.25) is 4.79 Å². The lowest BCUT2D eigenvalue weighted by Gasteiger charge is -2.27. The summed E-state index contributed by atoms with van der Waals surface area (Å²) in [7, 11) is 0. The summed E-state index contributed by atoms with van der Waals surface area (Å²) in [5.41, 5.74) is 2.82. The zero-order valence-electron chi connectivity index (χ0n) is 12.6. The Kier molecular flexibility index (Phi) is 3.47. The van der Waals surface area contributed by atoms with Gasteiger partial charge >= 0.3 is 0 Å². The molecule has 4 rings (SSSR count). The van der Waals surface area contributed by atoms with Crippen LogP contribution in [-0.2, 0) is 0 Å². The van der Waals surface area contributed by atoms with Crippen LogP contribution in [0.5, 0.6) is 0 Å². The van der Waals surface area contributed by atoms with E-state index in [-0.39, 0.29) is 5.91 Å². The largest absolute Gasteiger partial charge is 0.351 e. The van der Waals surface area contributed by atoms with Crippen LogP contribution in [0, 0.1) is 0 Å². The van der Waals surface area contributed by atoms with Gasteiger partial charge in [-0.2, -0.15) is 0 Å². The predicted molar refractivity (Wildman–Crippen MR) is 86.7 cm³/mol. The van der Waals surface area contributed by atoms with Gasteiger partial charge in [0.2, 0.25) is 0 Å². The molecule has 2 aliphatic heterocycles. The summed E-state index contributed by atoms with van der Waals surface area (Å²) in [4.78, 5) is 18.3. The molecule has 0 spiro atoms. The van der Waals surface area contributed by atoms with E-state index in [0.29, 0.717) is 17.8 Å². The Labute approximate surface area is 130 Å². The van der Waals surface area contributed by atoms with E-state index in [2.05, 4.69) is 27.3 Å². The second-order valence-electron chi connectivity index (χ2n) is 6.24. The maximum Gasteiger partial charge on any atom is 0.270 e. The fourth-order valence-corrected chi connectivity index (χ4v) is 3.76. The third-order valence-electron chi connectivity index (χ3n) is 4.89. The van der Waals surface area contributed by atoms with Crippen molar-refractivity contribution in [1.82, 2.24) is 15.2 Å². The first-order chi connectivity index (χ1) is 10.8. The number of nitrogens with one attached hydrogen (secondary N) is 2. The van der Waals surface area contributed by atoms with Crippen LogP contribution in [0.4, 0.5) is 0 Å². The highest BCUT2D eigenvalue weighted by Crippen LogP contribution is 2.30. The van der Waals surface area contributed by atoms with Gasteiger partial charge in [-0.05, 0) is 43.5 Å². The molecular weight excluding hydrogens is 274 g/mol. The Morgan fingerprint density at radius 2 is 1.82 bits per heavy atom. The molecule has 22 heavy (non-hydrogen) atoms. The van der Waals surface area contributed by atoms with Crippen molar-refractivity contribution in [3.8, 4) is 11.3 Å². The molecule has 2 N–H and O–H groups in total. The van der Waals surface area contributed by atoms with E-state index in [1.165, 1.54) is 0 Å². The number of carbonyl (C=O) groups excluding carboxylic acids is 1. The molecule has 2 saturated heterocycles. The van der Waals surface area contributed by atoms with E-state index < -0.39 is 0 Å². The van der Waals surface area contributed by atoms with Crippen LogP contribution >= 0.6 is 0 Å². The van der Waals surface area contributed by atoms with Crippen LogP contribution < -0.4 is 5.32 Å². The Morgan fingerprint density at radius 3 is 2.68 bits per heavy atom. The van der Waals surface area contributed by atoms with E-state index in [0.717, 1.165) is 43.6 Å². The van der Waals surface area contributed by atoms with Crippen molar-refractivity contribution < 1.29 is 4.79 Å². The van der Waals surface area contributed by atoms with Crippen LogP contribution in [-0.4, -0.2) is 41.0 Å². The quantitative estimate of drug-likeness (QED) is 0.895. The summed E-state index contributed by atoms with van der Waals surface area (Å²) < 4.78 is 0. The van der Waals surface area contributed by atoms with Crippen LogP contribution in [0.15, 0.2) is 42.5 Å². The lowest BCUT2D eigenvalue weighted by atomic mass is 10.1. The van der Waals surface area contributed by atoms with Crippen LogP contribution in [0.1, 0.15) is 29.8 Å². The number of H-pyrrole nitrogens is 1. The molecule has 2 aromatic rings. The first kappa shape index (κ1) is 13.6. The van der Waals surface area contributed by atoms with Gasteiger partial charge in [-0.1, -0.05) is 30.3 Å². The Balaban J connectivity index is 1.60. The summed E-state index contributed by atoms with van der Waals surface area (Å²) in [6, 6.07) is 14.8. The van der Waals surface area contributed by atoms with Crippen molar-refractivity contribution in [3.05, 3.63) is 48.2 Å². The van der Waals surface area contributed by atoms with Gasteiger partial charge < -0.3 is 15.2 Å². The molecular formula is C18H21N3O. The SMILES string of the molecule is O=C(c1ccc(-c2ccccc2)[nH]1)N1C2CCNCC1CC2. The van der Waals surface area contributed by atoms with E-state index >= 15 is 0 Å². The highest BCUT2D eigenvalue weighted by atomic mass is 16.2. The number of nitrogens with zero attached hydrogens (tertiary/aromatic N) is 1. The third-order valence-corrected chi connectivity index (χ3v) is 4.89. The molecule has 0 saturated carbocycles. The zero-order valence-corrected chi connectivity index (χ0v) is 12.6. The monoisotopic (exact) mass is 295 g/mol. The zero-order chi connectivity index (χ0) is 14.9. The Hall–Kier alpha value is -2.07. The molecule has 4 heteroatoms. The lowest BCUT2D eigenvalue weighted by molar-refractivity contribution is 0.0675. The normalized spacial score (nSPS) is 24.3. The van der Waals surface area contributed by atoms with Crippen LogP contribution in [0.25, 0.3) is 11.3 Å². The third kappa shape index (κ3) is 2.33. The van der Waals surface area contributed by atoms with Gasteiger partial charge in [0.25, 0.3) is 5.91 Å². The molecule has 0 radical (unpaired) electrons. The lowest BCUT2D eigenvalue weighted by Crippen LogP contribution is -2.42. The number of aromatic nitrogens is 1. The number of amides is 1. The summed E-state index contributed by atoms with van der Waals surface area (Å²) >= 11 is 0. The van der Waals surface area contributed by atoms with E-state index in [9.17, 15) is 4.79 Å². The number of fused-ring (bicyclic) bond motifs is 2. The molecule has 1 aromatic heterocycles. The molecule has 114 valence electrons. The maximum atomic E-state index is 12.9. The Morgan fingerprint density at radius 1 is 1.00 bits per heavy atom. The molecule has 2 fully saturated rings. The van der Waals surface area contributed by atoms with E-state index in [4.69, 9.17) is 0 Å². The second kappa shape index (κ2) is 5.61. The fraction of sp³-hybridized carbons (Fsp3) is 0.389. The second-order valence-corrected chi connectivity index (χ2v) is 6.24. The van der Waals surface area contributed by atoms with Crippen molar-refractivity contribution in [2.75, 3.05) is 13.1 Å². The minimum Gasteiger partial charge on any atom is -0.351 e. The molecule has 2 atom stereocenters. The van der Waals surface area contributed by atoms with E-state index in [1.807, 2.05) is 30.3 Å². The minimum atomic E-state index is 0.151. The summed E-state index contributed by atoms with van der Waals surface area (Å²) in [5, 5.41) is 3.44. The average Bonchev–Trinajstić information content (AvgIpc) is 3.12. The first-order valence-electron chi connectivity index (χ1n) is 8.11. The molecule has 3 heterocycles. The van der Waals surface area contributed by atoms with Crippen LogP contribution in [0.2, 0.25) is 0 Å². The van der Waals surface area contributed by atoms with Gasteiger partial charge in [-0.25, -0.2) is 0 Å². The molecule has 1 amide bonds. The highest BCUT2D eigenvalue weighted by Gasteiger charge is 2.38.